The number of nitrogens with zero attached hydrogens (tertiary/aromatic N) is 5. The van der Waals surface area contributed by atoms with Crippen LogP contribution in [0.25, 0.3) is 32.7 Å². The number of allylic oxidation sites excluding steroid dienone is 2. The molecule has 7 aromatic rings. The third-order valence-electron chi connectivity index (χ3n) is 18.3. The summed E-state index contributed by atoms with van der Waals surface area (Å²) in [6.45, 7) is 15.1. The van der Waals surface area contributed by atoms with Crippen LogP contribution in [0.15, 0.2) is 159 Å². The van der Waals surface area contributed by atoms with Crippen molar-refractivity contribution in [2.75, 3.05) is 19.6 Å². The molecule has 5 saturated heterocycles. The van der Waals surface area contributed by atoms with Crippen molar-refractivity contribution >= 4 is 32.7 Å². The molecule has 4 aromatic carbocycles. The van der Waals surface area contributed by atoms with Crippen molar-refractivity contribution in [3.8, 4) is 17.2 Å². The second-order valence-electron chi connectivity index (χ2n) is 22.3. The van der Waals surface area contributed by atoms with Gasteiger partial charge in [-0.15, -0.1) is 13.2 Å². The molecule has 9 atom stereocenters. The maximum Gasteiger partial charge on any atom is 0.116 e. The number of aliphatic hydroxyl groups excluding tert-OH is 3. The molecule has 8 heterocycles. The molecule has 2 aliphatic carbocycles. The Bertz CT molecular complexity index is 3190. The number of rotatable bonds is 12. The molecular weight excluding hydrogens is 961 g/mol. The predicted octanol–water partition coefficient (Wildman–Crippen LogP) is 9.77. The lowest BCUT2D eigenvalue weighted by Gasteiger charge is -2.49. The number of aromatic hydroxyl groups is 3. The van der Waals surface area contributed by atoms with Crippen LogP contribution < -0.4 is 5.32 Å². The topological polar surface area (TPSA) is 179 Å². The summed E-state index contributed by atoms with van der Waals surface area (Å²) in [5.74, 6) is 4.15. The average Bonchev–Trinajstić information content (AvgIpc) is 4.28. The Labute approximate surface area is 451 Å². The number of fused-ring (bicyclic) bond motifs is 3. The molecule has 5 aliphatic heterocycles. The highest BCUT2D eigenvalue weighted by Crippen LogP contribution is 2.71. The van der Waals surface area contributed by atoms with E-state index in [2.05, 4.69) is 86.2 Å². The number of phenols is 3. The van der Waals surface area contributed by atoms with Gasteiger partial charge < -0.3 is 36.0 Å². The van der Waals surface area contributed by atoms with Crippen molar-refractivity contribution in [2.45, 2.75) is 107 Å². The molecule has 7 aliphatic rings. The fourth-order valence-corrected chi connectivity index (χ4v) is 14.8. The second-order valence-corrected chi connectivity index (χ2v) is 22.3. The van der Waals surface area contributed by atoms with Gasteiger partial charge in [0.2, 0.25) is 0 Å². The van der Waals surface area contributed by atoms with E-state index >= 15 is 0 Å². The smallest absolute Gasteiger partial charge is 0.116 e. The van der Waals surface area contributed by atoms with Crippen LogP contribution in [0.3, 0.4) is 0 Å². The fourth-order valence-electron chi connectivity index (χ4n) is 14.8. The van der Waals surface area contributed by atoms with E-state index in [0.717, 1.165) is 95.0 Å². The Kier molecular flexibility index (Phi) is 14.9. The molecule has 7 N–H and O–H groups in total. The first-order chi connectivity index (χ1) is 37.5. The second kappa shape index (κ2) is 21.9. The van der Waals surface area contributed by atoms with Crippen LogP contribution in [-0.4, -0.2) is 104 Å². The molecule has 12 nitrogen and oxygen atoms in total. The van der Waals surface area contributed by atoms with Crippen LogP contribution in [0.4, 0.5) is 0 Å². The molecule has 398 valence electrons. The highest BCUT2D eigenvalue weighted by molar-refractivity contribution is 5.85. The highest BCUT2D eigenvalue weighted by Gasteiger charge is 2.76. The summed E-state index contributed by atoms with van der Waals surface area (Å²) in [6, 6.07) is 29.4. The predicted molar refractivity (Wildman–Crippen MR) is 304 cm³/mol. The van der Waals surface area contributed by atoms with Gasteiger partial charge in [-0.25, -0.2) is 0 Å². The molecule has 14 rings (SSSR count). The van der Waals surface area contributed by atoms with E-state index in [0.29, 0.717) is 63.1 Å². The molecule has 3 aromatic heterocycles. The zero-order valence-corrected chi connectivity index (χ0v) is 43.9. The van der Waals surface area contributed by atoms with Crippen molar-refractivity contribution in [3.05, 3.63) is 193 Å². The summed E-state index contributed by atoms with van der Waals surface area (Å²) in [5.41, 5.74) is 11.3. The summed E-state index contributed by atoms with van der Waals surface area (Å²) in [7, 11) is 0. The van der Waals surface area contributed by atoms with Crippen molar-refractivity contribution < 1.29 is 30.6 Å². The number of hydrogen-bond donors (Lipinski definition) is 7. The Balaban J connectivity index is 0.000000112. The maximum absolute atomic E-state index is 9.78. The number of pyridine rings is 3. The van der Waals surface area contributed by atoms with E-state index in [-0.39, 0.29) is 19.8 Å². The minimum Gasteiger partial charge on any atom is -0.508 e. The van der Waals surface area contributed by atoms with Gasteiger partial charge in [0.25, 0.3) is 0 Å². The minimum atomic E-state index is -0.0686. The molecule has 0 radical (unpaired) electrons. The maximum atomic E-state index is 9.78. The fraction of sp³-hybridized carbons (Fsp3) is 0.369. The van der Waals surface area contributed by atoms with Crippen LogP contribution in [-0.2, 0) is 39.1 Å². The van der Waals surface area contributed by atoms with Gasteiger partial charge in [0.15, 0.2) is 0 Å². The van der Waals surface area contributed by atoms with E-state index in [1.165, 1.54) is 61.0 Å². The normalized spacial score (nSPS) is 27.7. The van der Waals surface area contributed by atoms with E-state index < -0.39 is 0 Å². The van der Waals surface area contributed by atoms with Crippen molar-refractivity contribution in [2.24, 2.45) is 23.7 Å². The monoisotopic (exact) mass is 1030 g/mol. The van der Waals surface area contributed by atoms with E-state index in [1.54, 1.807) is 42.5 Å². The lowest BCUT2D eigenvalue weighted by atomic mass is 9.84. The zero-order chi connectivity index (χ0) is 53.4. The number of piperidine rings is 3. The first-order valence-corrected chi connectivity index (χ1v) is 27.5. The van der Waals surface area contributed by atoms with Gasteiger partial charge in [0.1, 0.15) is 17.2 Å². The van der Waals surface area contributed by atoms with Gasteiger partial charge >= 0.3 is 0 Å². The van der Waals surface area contributed by atoms with Crippen molar-refractivity contribution in [1.82, 2.24) is 30.1 Å². The summed E-state index contributed by atoms with van der Waals surface area (Å²) in [6.07, 6.45) is 24.5. The average molecular weight is 1030 g/mol. The van der Waals surface area contributed by atoms with Crippen LogP contribution in [0.2, 0.25) is 0 Å². The quantitative estimate of drug-likeness (QED) is 0.0578. The number of benzene rings is 4. The minimum absolute atomic E-state index is 0.0686. The molecule has 0 amide bonds. The SMILES string of the molecule is C=C/C=C1/CCNC(Cc2ccnc3ccc(O)cc23)C1.C=CC1C2CCN3C(Cc4ccnc5ccc(O)cc45)CC123.C=CC1C2CCN3C(Cc4ccnc5ccc(O)cc45)CC123.OCc1cc(CO)cc(CO)c1. The lowest BCUT2D eigenvalue weighted by molar-refractivity contribution is 0.00984. The zero-order valence-electron chi connectivity index (χ0n) is 43.9. The Morgan fingerprint density at radius 3 is 1.35 bits per heavy atom. The van der Waals surface area contributed by atoms with E-state index in [1.807, 2.05) is 55.0 Å². The van der Waals surface area contributed by atoms with Crippen molar-refractivity contribution in [1.29, 1.82) is 0 Å². The van der Waals surface area contributed by atoms with Gasteiger partial charge in [-0.1, -0.05) is 54.7 Å². The summed E-state index contributed by atoms with van der Waals surface area (Å²) in [5, 5.41) is 62.5. The van der Waals surface area contributed by atoms with Gasteiger partial charge in [0, 0.05) is 64.0 Å². The first kappa shape index (κ1) is 52.3. The third kappa shape index (κ3) is 9.96. The summed E-state index contributed by atoms with van der Waals surface area (Å²) in [4.78, 5) is 18.6. The van der Waals surface area contributed by atoms with E-state index in [9.17, 15) is 15.3 Å². The summed E-state index contributed by atoms with van der Waals surface area (Å²) < 4.78 is 0. The highest BCUT2D eigenvalue weighted by atomic mass is 16.3. The van der Waals surface area contributed by atoms with Crippen LogP contribution in [0.5, 0.6) is 17.2 Å². The number of phenolic OH excluding ortho intramolecular Hbond substituents is 3. The molecule has 2 spiro atoms. The summed E-state index contributed by atoms with van der Waals surface area (Å²) >= 11 is 0. The van der Waals surface area contributed by atoms with Crippen LogP contribution in [0.1, 0.15) is 71.9 Å². The standard InChI is InChI=1S/2C19H20N2O.C18H20N2O.C9H12O3/c2*1-2-16-17-6-8-21-13(11-19(16,17)21)9-12-5-7-20-18-4-3-14(22)10-15(12)18;1-2-3-13-6-8-19-15(10-13)11-14-7-9-20-18-5-4-16(21)12-17(14)18;10-4-7-1-8(5-11)3-9(2-7)6-12/h2*2-5,7,10,13,16-17,22H,1,6,8-9,11H2;2-5,7,9,12,15,19,21H,1,6,8,10-11H2;1-3,10-12H,4-6H2/b;;13-3-;. The Morgan fingerprint density at radius 1 is 0.558 bits per heavy atom. The third-order valence-corrected chi connectivity index (χ3v) is 18.3. The van der Waals surface area contributed by atoms with Crippen molar-refractivity contribution in [3.63, 3.8) is 0 Å². The number of nitrogens with one attached hydrogen (secondary N) is 1. The largest absolute Gasteiger partial charge is 0.508 e. The molecule has 77 heavy (non-hydrogen) atoms. The Hall–Kier alpha value is -6.77. The van der Waals surface area contributed by atoms with Gasteiger partial charge in [-0.2, -0.15) is 0 Å². The van der Waals surface area contributed by atoms with Gasteiger partial charge in [0.05, 0.1) is 36.4 Å². The van der Waals surface area contributed by atoms with E-state index in [4.69, 9.17) is 15.3 Å². The number of aromatic nitrogens is 3. The number of hydrogen-bond acceptors (Lipinski definition) is 12. The molecule has 0 bridgehead atoms. The molecule has 9 unspecified atom stereocenters. The molecule has 2 saturated carbocycles. The van der Waals surface area contributed by atoms with Gasteiger partial charge in [-0.3, -0.25) is 24.8 Å². The lowest BCUT2D eigenvalue weighted by Crippen LogP contribution is -2.58. The Morgan fingerprint density at radius 2 is 0.974 bits per heavy atom. The molecule has 12 heteroatoms. The van der Waals surface area contributed by atoms with Crippen LogP contribution in [0, 0.1) is 23.7 Å². The molecular formula is C65H72N6O6. The first-order valence-electron chi connectivity index (χ1n) is 27.5. The van der Waals surface area contributed by atoms with Gasteiger partial charge in [-0.05, 0) is 207 Å². The van der Waals surface area contributed by atoms with Crippen LogP contribution >= 0.6 is 0 Å². The number of aliphatic hydroxyl groups is 3. The molecule has 7 fully saturated rings.